The lowest BCUT2D eigenvalue weighted by Crippen LogP contribution is -2.24. The second kappa shape index (κ2) is 22.8. The molecular weight excluding hydrogens is 832 g/mol. The van der Waals surface area contributed by atoms with Crippen molar-refractivity contribution in [1.29, 1.82) is 0 Å². The van der Waals surface area contributed by atoms with Gasteiger partial charge >= 0.3 is 11.3 Å². The molecule has 60 heavy (non-hydrogen) atoms. The lowest BCUT2D eigenvalue weighted by Gasteiger charge is -2.15. The molecule has 6 rings (SSSR count). The van der Waals surface area contributed by atoms with Crippen molar-refractivity contribution in [3.8, 4) is 46.1 Å². The summed E-state index contributed by atoms with van der Waals surface area (Å²) in [7, 11) is 1.57. The van der Waals surface area contributed by atoms with E-state index in [0.717, 1.165) is 24.2 Å². The zero-order valence-electron chi connectivity index (χ0n) is 33.6. The van der Waals surface area contributed by atoms with Crippen LogP contribution in [0.15, 0.2) is 91.0 Å². The molecule has 0 aliphatic rings. The van der Waals surface area contributed by atoms with E-state index in [4.69, 9.17) is 43.7 Å². The van der Waals surface area contributed by atoms with Gasteiger partial charge in [-0.1, -0.05) is 74.9 Å². The van der Waals surface area contributed by atoms with Gasteiger partial charge in [-0.05, 0) is 79.6 Å². The van der Waals surface area contributed by atoms with Gasteiger partial charge in [-0.2, -0.15) is 8.42 Å². The molecule has 2 aromatic heterocycles. The maximum atomic E-state index is 13.3. The first kappa shape index (κ1) is 44.1. The molecule has 4 aromatic carbocycles. The molecule has 2 unspecified atom stereocenters. The number of fused-ring (bicyclic) bond motifs is 1. The normalized spacial score (nSPS) is 12.1. The summed E-state index contributed by atoms with van der Waals surface area (Å²) in [5.74, 6) is 3.83. The number of methoxy groups -OCH3 is 1. The minimum atomic E-state index is -2.04. The van der Waals surface area contributed by atoms with E-state index in [1.54, 1.807) is 49.6 Å². The Kier molecular flexibility index (Phi) is 16.7. The first-order valence-corrected chi connectivity index (χ1v) is 22.1. The highest BCUT2D eigenvalue weighted by Gasteiger charge is 2.18. The van der Waals surface area contributed by atoms with Crippen molar-refractivity contribution >= 4 is 45.5 Å². The van der Waals surface area contributed by atoms with Crippen molar-refractivity contribution in [3.05, 3.63) is 107 Å². The molecule has 3 N–H and O–H groups in total. The Morgan fingerprint density at radius 3 is 2.23 bits per heavy atom. The first-order chi connectivity index (χ1) is 29.3. The van der Waals surface area contributed by atoms with Crippen LogP contribution in [0.25, 0.3) is 5.65 Å². The number of unbranched alkanes of at least 4 members (excludes halogenated alkanes) is 5. The minimum Gasteiger partial charge on any atom is -0.497 e. The average Bonchev–Trinajstić information content (AvgIpc) is 3.78. The van der Waals surface area contributed by atoms with E-state index >= 15 is 0 Å². The molecule has 0 fully saturated rings. The third-order valence-corrected chi connectivity index (χ3v) is 10.6. The molecule has 0 amide bonds. The van der Waals surface area contributed by atoms with Crippen LogP contribution < -0.4 is 41.5 Å². The number of nitrogens with zero attached hydrogens (tertiary/aromatic N) is 3. The number of H-pyrrole nitrogens is 1. The second-order valence-corrected chi connectivity index (χ2v) is 15.6. The standard InChI is InChI=1S/C42H49ClN6O9S2/c1-4-5-6-7-8-12-25-54-35-21-15-30(2)28-37(35)58-60(51)48-31-16-22-36(56-34-19-17-32(52-3)18-20-34)38(29-31)57-59(50)44-24-23-39-45-41-40(43)42(47-49(41)46-39)55-27-26-53-33-13-10-9-11-14-33/h9-11,13-22,28-29,44,48H,4-8,12,23-27H2,1-3H3,(H,45,46). The van der Waals surface area contributed by atoms with Gasteiger partial charge < -0.3 is 32.1 Å². The summed E-state index contributed by atoms with van der Waals surface area (Å²) in [6.45, 7) is 5.38. The predicted octanol–water partition coefficient (Wildman–Crippen LogP) is 8.88. The highest BCUT2D eigenvalue weighted by Crippen LogP contribution is 2.36. The molecule has 0 saturated carbocycles. The zero-order valence-corrected chi connectivity index (χ0v) is 36.0. The van der Waals surface area contributed by atoms with Crippen molar-refractivity contribution in [2.24, 2.45) is 0 Å². The first-order valence-electron chi connectivity index (χ1n) is 19.6. The SMILES string of the molecule is CCCCCCCCOc1ccc(C)cc1OS(=O)Nc1ccc(Oc2ccc(OC)cc2)c(OS(=O)NCCc2nc3c(Cl)c(OCCOc4ccccc4)nn3[nH]2)c1. The number of para-hydroxylation sites is 1. The van der Waals surface area contributed by atoms with E-state index in [1.807, 2.05) is 49.4 Å². The highest BCUT2D eigenvalue weighted by molar-refractivity contribution is 7.82. The summed E-state index contributed by atoms with van der Waals surface area (Å²) in [6.07, 6.45) is 7.15. The number of hydrogen-bond acceptors (Lipinski definition) is 11. The Bertz CT molecular complexity index is 2310. The number of rotatable bonds is 26. The Hall–Kier alpha value is -5.49. The Morgan fingerprint density at radius 2 is 1.45 bits per heavy atom. The van der Waals surface area contributed by atoms with Crippen LogP contribution in [-0.2, 0) is 29.0 Å². The number of hydrogen-bond donors (Lipinski definition) is 3. The van der Waals surface area contributed by atoms with E-state index in [9.17, 15) is 8.42 Å². The van der Waals surface area contributed by atoms with Crippen LogP contribution in [0.1, 0.15) is 56.8 Å². The van der Waals surface area contributed by atoms with Crippen LogP contribution in [0, 0.1) is 6.92 Å². The monoisotopic (exact) mass is 880 g/mol. The Balaban J connectivity index is 1.05. The van der Waals surface area contributed by atoms with Crippen molar-refractivity contribution in [2.45, 2.75) is 58.8 Å². The third kappa shape index (κ3) is 13.3. The molecule has 320 valence electrons. The molecule has 2 heterocycles. The number of aromatic nitrogens is 4. The highest BCUT2D eigenvalue weighted by atomic mass is 35.5. The molecule has 2 atom stereocenters. The maximum absolute atomic E-state index is 13.3. The quantitative estimate of drug-likeness (QED) is 0.0445. The van der Waals surface area contributed by atoms with Crippen molar-refractivity contribution in [1.82, 2.24) is 24.5 Å². The predicted molar refractivity (Wildman–Crippen MR) is 232 cm³/mol. The fraction of sp³-hybridized carbons (Fsp3) is 0.333. The molecule has 6 aromatic rings. The third-order valence-electron chi connectivity index (χ3n) is 8.78. The van der Waals surface area contributed by atoms with E-state index < -0.39 is 22.5 Å². The van der Waals surface area contributed by atoms with E-state index in [-0.39, 0.29) is 35.6 Å². The van der Waals surface area contributed by atoms with Gasteiger partial charge in [-0.15, -0.1) is 9.73 Å². The summed E-state index contributed by atoms with van der Waals surface area (Å²) >= 11 is 2.42. The largest absolute Gasteiger partial charge is 0.497 e. The second-order valence-electron chi connectivity index (χ2n) is 13.4. The number of aromatic amines is 1. The van der Waals surface area contributed by atoms with Crippen molar-refractivity contribution in [3.63, 3.8) is 0 Å². The van der Waals surface area contributed by atoms with Gasteiger partial charge in [0, 0.05) is 19.0 Å². The molecule has 0 aliphatic heterocycles. The van der Waals surface area contributed by atoms with Crippen LogP contribution in [0.5, 0.6) is 46.1 Å². The number of benzene rings is 4. The van der Waals surface area contributed by atoms with Gasteiger partial charge in [0.2, 0.25) is 0 Å². The van der Waals surface area contributed by atoms with E-state index in [1.165, 1.54) is 36.4 Å². The molecule has 15 nitrogen and oxygen atoms in total. The molecule has 0 saturated heterocycles. The number of aryl methyl sites for hydroxylation is 1. The molecule has 0 spiro atoms. The fourth-order valence-electron chi connectivity index (χ4n) is 5.76. The fourth-order valence-corrected chi connectivity index (χ4v) is 7.25. The molecule has 0 radical (unpaired) electrons. The summed E-state index contributed by atoms with van der Waals surface area (Å²) < 4.78 is 74.0. The van der Waals surface area contributed by atoms with Gasteiger partial charge in [0.1, 0.15) is 36.3 Å². The van der Waals surface area contributed by atoms with Gasteiger partial charge in [0.15, 0.2) is 33.7 Å². The van der Waals surface area contributed by atoms with Gasteiger partial charge in [0.05, 0.1) is 19.4 Å². The number of halogens is 1. The summed E-state index contributed by atoms with van der Waals surface area (Å²) in [6, 6.07) is 26.6. The van der Waals surface area contributed by atoms with Crippen LogP contribution in [0.4, 0.5) is 5.69 Å². The van der Waals surface area contributed by atoms with Crippen LogP contribution in [0.2, 0.25) is 5.02 Å². The van der Waals surface area contributed by atoms with Gasteiger partial charge in [0.25, 0.3) is 17.1 Å². The number of nitrogens with one attached hydrogen (secondary N) is 3. The van der Waals surface area contributed by atoms with Crippen LogP contribution in [0.3, 0.4) is 0 Å². The van der Waals surface area contributed by atoms with Crippen LogP contribution >= 0.6 is 11.6 Å². The van der Waals surface area contributed by atoms with Gasteiger partial charge in [-0.3, -0.25) is 9.82 Å². The van der Waals surface area contributed by atoms with Crippen molar-refractivity contribution in [2.75, 3.05) is 38.2 Å². The lowest BCUT2D eigenvalue weighted by molar-refractivity contribution is 0.211. The average molecular weight is 881 g/mol. The number of anilines is 1. The molecule has 0 aliphatic carbocycles. The molecule has 0 bridgehead atoms. The van der Waals surface area contributed by atoms with Gasteiger partial charge in [-0.25, -0.2) is 9.71 Å². The van der Waals surface area contributed by atoms with E-state index in [2.05, 4.69) is 31.5 Å². The van der Waals surface area contributed by atoms with E-state index in [0.29, 0.717) is 59.8 Å². The molecule has 18 heteroatoms. The summed E-state index contributed by atoms with van der Waals surface area (Å²) in [5.41, 5.74) is 1.66. The number of ether oxygens (including phenoxy) is 5. The van der Waals surface area contributed by atoms with Crippen LogP contribution in [-0.4, -0.2) is 61.7 Å². The Labute approximate surface area is 359 Å². The zero-order chi connectivity index (χ0) is 42.1. The minimum absolute atomic E-state index is 0.0992. The molecular formula is C42H49ClN6O9S2. The smallest absolute Gasteiger partial charge is 0.316 e. The lowest BCUT2D eigenvalue weighted by atomic mass is 10.1. The summed E-state index contributed by atoms with van der Waals surface area (Å²) in [5, 5.41) is 7.63. The topological polar surface area (TPSA) is 169 Å². The Morgan fingerprint density at radius 1 is 0.733 bits per heavy atom. The maximum Gasteiger partial charge on any atom is 0.316 e. The van der Waals surface area contributed by atoms with Crippen molar-refractivity contribution < 1.29 is 40.5 Å². The summed E-state index contributed by atoms with van der Waals surface area (Å²) in [4.78, 5) is 4.51.